The van der Waals surface area contributed by atoms with Crippen molar-refractivity contribution in [2.45, 2.75) is 24.7 Å². The van der Waals surface area contributed by atoms with E-state index in [1.807, 2.05) is 26.0 Å². The molecule has 4 rings (SSSR count). The third-order valence-corrected chi connectivity index (χ3v) is 7.82. The molecule has 2 aromatic carbocycles. The Kier molecular flexibility index (Phi) is 6.49. The lowest BCUT2D eigenvalue weighted by Gasteiger charge is -2.34. The van der Waals surface area contributed by atoms with Gasteiger partial charge >= 0.3 is 0 Å². The van der Waals surface area contributed by atoms with Crippen LogP contribution in [0, 0.1) is 10.1 Å². The molecule has 3 aromatic rings. The van der Waals surface area contributed by atoms with E-state index >= 15 is 0 Å². The first-order valence-electron chi connectivity index (χ1n) is 10.8. The highest BCUT2D eigenvalue weighted by atomic mass is 32.2. The molecule has 1 aliphatic heterocycles. The van der Waals surface area contributed by atoms with E-state index < -0.39 is 14.9 Å². The fraction of sp³-hybridized carbons (Fsp3) is 0.304. The number of nitro benzene ring substituents is 1. The van der Waals surface area contributed by atoms with Gasteiger partial charge in [0.25, 0.3) is 11.6 Å². The average molecular weight is 484 g/mol. The number of hydrogen-bond acceptors (Lipinski definition) is 6. The third kappa shape index (κ3) is 4.57. The number of piperazine rings is 1. The summed E-state index contributed by atoms with van der Waals surface area (Å²) in [6.07, 6.45) is 4.54. The first-order valence-corrected chi connectivity index (χ1v) is 12.3. The van der Waals surface area contributed by atoms with Crippen LogP contribution in [0.25, 0.3) is 5.69 Å². The summed E-state index contributed by atoms with van der Waals surface area (Å²) >= 11 is 0. The number of aromatic nitrogens is 2. The minimum Gasteiger partial charge on any atom is -0.336 e. The number of carbonyl (C=O) groups is 1. The maximum absolute atomic E-state index is 13.0. The van der Waals surface area contributed by atoms with Crippen LogP contribution in [0.1, 0.15) is 35.7 Å². The fourth-order valence-electron chi connectivity index (χ4n) is 3.91. The summed E-state index contributed by atoms with van der Waals surface area (Å²) < 4.78 is 28.9. The van der Waals surface area contributed by atoms with E-state index in [1.165, 1.54) is 44.5 Å². The molecule has 0 aliphatic carbocycles. The van der Waals surface area contributed by atoms with Gasteiger partial charge in [0, 0.05) is 50.2 Å². The van der Waals surface area contributed by atoms with Gasteiger partial charge in [-0.15, -0.1) is 0 Å². The number of carbonyl (C=O) groups excluding carboxylic acids is 1. The van der Waals surface area contributed by atoms with Crippen LogP contribution in [0.5, 0.6) is 0 Å². The summed E-state index contributed by atoms with van der Waals surface area (Å²) in [6, 6.07) is 11.2. The lowest BCUT2D eigenvalue weighted by molar-refractivity contribution is -0.384. The number of nitrogens with zero attached hydrogens (tertiary/aromatic N) is 5. The molecule has 10 nitrogen and oxygen atoms in total. The number of imidazole rings is 1. The second kappa shape index (κ2) is 9.35. The molecule has 11 heteroatoms. The molecule has 0 spiro atoms. The normalized spacial score (nSPS) is 15.0. The topological polar surface area (TPSA) is 119 Å². The Labute approximate surface area is 197 Å². The van der Waals surface area contributed by atoms with Crippen molar-refractivity contribution in [3.05, 3.63) is 82.4 Å². The summed E-state index contributed by atoms with van der Waals surface area (Å²) in [5.41, 5.74) is 1.33. The SMILES string of the molecule is CC(C)c1ccc(S(=O)(=O)N2CCN(C(=O)c3ccc(-n4ccnc4)c([N+](=O)[O-])c3)CC2)cc1. The predicted octanol–water partition coefficient (Wildman–Crippen LogP) is 3.05. The average Bonchev–Trinajstić information content (AvgIpc) is 3.38. The molecular formula is C23H25N5O5S. The highest BCUT2D eigenvalue weighted by molar-refractivity contribution is 7.89. The molecule has 1 saturated heterocycles. The van der Waals surface area contributed by atoms with Gasteiger partial charge in [-0.25, -0.2) is 13.4 Å². The Morgan fingerprint density at radius 1 is 1.06 bits per heavy atom. The van der Waals surface area contributed by atoms with Gasteiger partial charge in [-0.2, -0.15) is 4.31 Å². The molecule has 1 amide bonds. The molecular weight excluding hydrogens is 458 g/mol. The number of hydrogen-bond donors (Lipinski definition) is 0. The van der Waals surface area contributed by atoms with E-state index in [0.29, 0.717) is 11.6 Å². The van der Waals surface area contributed by atoms with Crippen molar-refractivity contribution in [1.82, 2.24) is 18.8 Å². The molecule has 0 radical (unpaired) electrons. The molecule has 0 N–H and O–H groups in total. The minimum absolute atomic E-state index is 0.148. The summed E-state index contributed by atoms with van der Waals surface area (Å²) in [4.78, 5) is 29.7. The van der Waals surface area contributed by atoms with Gasteiger partial charge < -0.3 is 9.47 Å². The highest BCUT2D eigenvalue weighted by Gasteiger charge is 2.31. The Hall–Kier alpha value is -3.57. The largest absolute Gasteiger partial charge is 0.336 e. The van der Waals surface area contributed by atoms with Crippen molar-refractivity contribution in [2.24, 2.45) is 0 Å². The summed E-state index contributed by atoms with van der Waals surface area (Å²) in [7, 11) is -3.67. The number of sulfonamides is 1. The molecule has 0 atom stereocenters. The van der Waals surface area contributed by atoms with E-state index in [-0.39, 0.29) is 48.2 Å². The van der Waals surface area contributed by atoms with Crippen molar-refractivity contribution in [3.8, 4) is 5.69 Å². The Morgan fingerprint density at radius 3 is 2.29 bits per heavy atom. The van der Waals surface area contributed by atoms with Gasteiger partial charge in [-0.05, 0) is 35.7 Å². The van der Waals surface area contributed by atoms with Crippen molar-refractivity contribution in [3.63, 3.8) is 0 Å². The van der Waals surface area contributed by atoms with E-state index in [4.69, 9.17) is 0 Å². The first kappa shape index (κ1) is 23.6. The molecule has 0 unspecified atom stereocenters. The van der Waals surface area contributed by atoms with Gasteiger partial charge in [0.1, 0.15) is 5.69 Å². The van der Waals surface area contributed by atoms with Crippen LogP contribution in [0.3, 0.4) is 0 Å². The zero-order chi connectivity index (χ0) is 24.5. The standard InChI is InChI=1S/C23H25N5O5S/c1-17(2)18-3-6-20(7-4-18)34(32,33)27-13-11-25(12-14-27)23(29)19-5-8-21(22(15-19)28(30)31)26-10-9-24-16-26/h3-10,15-17H,11-14H2,1-2H3. The summed E-state index contributed by atoms with van der Waals surface area (Å²) in [5, 5.41) is 11.6. The van der Waals surface area contributed by atoms with Gasteiger partial charge in [0.05, 0.1) is 16.1 Å². The van der Waals surface area contributed by atoms with Crippen LogP contribution in [0.15, 0.2) is 66.1 Å². The molecule has 34 heavy (non-hydrogen) atoms. The smallest absolute Gasteiger partial charge is 0.294 e. The Morgan fingerprint density at radius 2 is 1.74 bits per heavy atom. The number of benzene rings is 2. The van der Waals surface area contributed by atoms with Crippen LogP contribution in [0.2, 0.25) is 0 Å². The molecule has 178 valence electrons. The van der Waals surface area contributed by atoms with Crippen LogP contribution in [-0.2, 0) is 10.0 Å². The molecule has 2 heterocycles. The van der Waals surface area contributed by atoms with Crippen LogP contribution >= 0.6 is 0 Å². The van der Waals surface area contributed by atoms with Crippen LogP contribution in [-0.4, -0.2) is 64.2 Å². The lowest BCUT2D eigenvalue weighted by Crippen LogP contribution is -2.50. The Balaban J connectivity index is 1.47. The molecule has 1 fully saturated rings. The maximum atomic E-state index is 13.0. The van der Waals surface area contributed by atoms with Crippen LogP contribution < -0.4 is 0 Å². The zero-order valence-electron chi connectivity index (χ0n) is 18.9. The second-order valence-corrected chi connectivity index (χ2v) is 10.3. The summed E-state index contributed by atoms with van der Waals surface area (Å²) in [5.74, 6) is -0.0743. The number of rotatable bonds is 6. The van der Waals surface area contributed by atoms with Gasteiger partial charge in [0.2, 0.25) is 10.0 Å². The molecule has 0 bridgehead atoms. The lowest BCUT2D eigenvalue weighted by atomic mass is 10.0. The van der Waals surface area contributed by atoms with Gasteiger partial charge in [0.15, 0.2) is 0 Å². The van der Waals surface area contributed by atoms with Gasteiger partial charge in [-0.1, -0.05) is 26.0 Å². The second-order valence-electron chi connectivity index (χ2n) is 8.35. The van der Waals surface area contributed by atoms with Crippen molar-refractivity contribution < 1.29 is 18.1 Å². The Bertz CT molecular complexity index is 1300. The quantitative estimate of drug-likeness (QED) is 0.393. The molecule has 0 saturated carbocycles. The van der Waals surface area contributed by atoms with Crippen molar-refractivity contribution in [1.29, 1.82) is 0 Å². The van der Waals surface area contributed by atoms with E-state index in [9.17, 15) is 23.3 Å². The molecule has 1 aromatic heterocycles. The minimum atomic E-state index is -3.67. The van der Waals surface area contributed by atoms with Gasteiger partial charge in [-0.3, -0.25) is 14.9 Å². The first-order chi connectivity index (χ1) is 16.2. The predicted molar refractivity (Wildman–Crippen MR) is 125 cm³/mol. The fourth-order valence-corrected chi connectivity index (χ4v) is 5.33. The highest BCUT2D eigenvalue weighted by Crippen LogP contribution is 2.26. The maximum Gasteiger partial charge on any atom is 0.294 e. The van der Waals surface area contributed by atoms with Crippen LogP contribution in [0.4, 0.5) is 5.69 Å². The number of amides is 1. The zero-order valence-corrected chi connectivity index (χ0v) is 19.7. The monoisotopic (exact) mass is 483 g/mol. The van der Waals surface area contributed by atoms with E-state index in [2.05, 4.69) is 4.98 Å². The van der Waals surface area contributed by atoms with Crippen molar-refractivity contribution in [2.75, 3.05) is 26.2 Å². The third-order valence-electron chi connectivity index (χ3n) is 5.91. The van der Waals surface area contributed by atoms with E-state index in [1.54, 1.807) is 18.3 Å². The molecule has 1 aliphatic rings. The number of nitro groups is 1. The van der Waals surface area contributed by atoms with Crippen molar-refractivity contribution >= 4 is 21.6 Å². The van der Waals surface area contributed by atoms with E-state index in [0.717, 1.165) is 5.56 Å². The summed E-state index contributed by atoms with van der Waals surface area (Å²) in [6.45, 7) is 4.77.